The van der Waals surface area contributed by atoms with Gasteiger partial charge in [0, 0.05) is 30.2 Å². The summed E-state index contributed by atoms with van der Waals surface area (Å²) >= 11 is 0. The van der Waals surface area contributed by atoms with Crippen LogP contribution >= 0.6 is 0 Å². The Balaban J connectivity index is 2.29. The van der Waals surface area contributed by atoms with E-state index in [1.54, 1.807) is 0 Å². The normalized spacial score (nSPS) is 19.9. The lowest BCUT2D eigenvalue weighted by atomic mass is 9.90. The van der Waals surface area contributed by atoms with Crippen LogP contribution in [-0.2, 0) is 0 Å². The molecule has 2 N–H and O–H groups in total. The fourth-order valence-corrected chi connectivity index (χ4v) is 2.73. The van der Waals surface area contributed by atoms with Crippen LogP contribution in [0.25, 0.3) is 0 Å². The van der Waals surface area contributed by atoms with Crippen molar-refractivity contribution in [3.8, 4) is 0 Å². The number of rotatable bonds is 3. The molecule has 94 valence electrons. The van der Waals surface area contributed by atoms with Crippen molar-refractivity contribution in [2.75, 3.05) is 18.0 Å². The van der Waals surface area contributed by atoms with E-state index < -0.39 is 0 Å². The summed E-state index contributed by atoms with van der Waals surface area (Å²) in [5.41, 5.74) is 8.88. The van der Waals surface area contributed by atoms with Crippen molar-refractivity contribution in [3.05, 3.63) is 29.8 Å². The van der Waals surface area contributed by atoms with Crippen molar-refractivity contribution in [2.24, 2.45) is 11.7 Å². The zero-order valence-corrected chi connectivity index (χ0v) is 11.4. The second kappa shape index (κ2) is 4.34. The van der Waals surface area contributed by atoms with Crippen LogP contribution in [-0.4, -0.2) is 18.6 Å². The summed E-state index contributed by atoms with van der Waals surface area (Å²) in [5.74, 6) is 1.33. The SMILES string of the molecule is CC(C)C1CN(CC(C)(C)N)c2ccccc21. The molecular formula is C15H24N2. The molecule has 0 radical (unpaired) electrons. The van der Waals surface area contributed by atoms with Gasteiger partial charge >= 0.3 is 0 Å². The molecule has 1 aromatic rings. The molecule has 1 unspecified atom stereocenters. The first-order chi connectivity index (χ1) is 7.88. The van der Waals surface area contributed by atoms with Gasteiger partial charge in [0.15, 0.2) is 0 Å². The molecular weight excluding hydrogens is 208 g/mol. The Hall–Kier alpha value is -1.02. The lowest BCUT2D eigenvalue weighted by Crippen LogP contribution is -2.45. The van der Waals surface area contributed by atoms with Gasteiger partial charge < -0.3 is 10.6 Å². The minimum atomic E-state index is -0.140. The molecule has 2 nitrogen and oxygen atoms in total. The van der Waals surface area contributed by atoms with E-state index >= 15 is 0 Å². The Kier molecular flexibility index (Phi) is 3.17. The molecule has 1 atom stereocenters. The third-order valence-electron chi connectivity index (χ3n) is 3.50. The van der Waals surface area contributed by atoms with Crippen molar-refractivity contribution in [1.82, 2.24) is 0 Å². The fourth-order valence-electron chi connectivity index (χ4n) is 2.73. The van der Waals surface area contributed by atoms with Crippen molar-refractivity contribution in [2.45, 2.75) is 39.2 Å². The van der Waals surface area contributed by atoms with Crippen molar-refractivity contribution in [3.63, 3.8) is 0 Å². The first-order valence-corrected chi connectivity index (χ1v) is 6.51. The van der Waals surface area contributed by atoms with Gasteiger partial charge in [0.2, 0.25) is 0 Å². The molecule has 1 aliphatic heterocycles. The molecule has 0 aliphatic carbocycles. The van der Waals surface area contributed by atoms with Gasteiger partial charge in [0.1, 0.15) is 0 Å². The highest BCUT2D eigenvalue weighted by molar-refractivity contribution is 5.60. The number of anilines is 1. The minimum absolute atomic E-state index is 0.140. The lowest BCUT2D eigenvalue weighted by Gasteiger charge is -2.29. The van der Waals surface area contributed by atoms with Gasteiger partial charge in [-0.15, -0.1) is 0 Å². The Labute approximate surface area is 105 Å². The molecule has 1 aromatic carbocycles. The Morgan fingerprint density at radius 3 is 2.59 bits per heavy atom. The van der Waals surface area contributed by atoms with E-state index in [0.717, 1.165) is 13.1 Å². The molecule has 1 heterocycles. The molecule has 17 heavy (non-hydrogen) atoms. The zero-order chi connectivity index (χ0) is 12.6. The van der Waals surface area contributed by atoms with Crippen LogP contribution in [0, 0.1) is 5.92 Å². The van der Waals surface area contributed by atoms with E-state index in [2.05, 4.69) is 56.9 Å². The summed E-state index contributed by atoms with van der Waals surface area (Å²) in [6.07, 6.45) is 0. The average molecular weight is 232 g/mol. The predicted octanol–water partition coefficient (Wildman–Crippen LogP) is 2.98. The van der Waals surface area contributed by atoms with Crippen LogP contribution in [0.1, 0.15) is 39.2 Å². The van der Waals surface area contributed by atoms with E-state index in [1.807, 2.05) is 0 Å². The van der Waals surface area contributed by atoms with Crippen LogP contribution in [0.3, 0.4) is 0 Å². The van der Waals surface area contributed by atoms with Crippen LogP contribution in [0.5, 0.6) is 0 Å². The maximum absolute atomic E-state index is 6.15. The number of benzene rings is 1. The summed E-state index contributed by atoms with van der Waals surface area (Å²) in [4.78, 5) is 2.44. The van der Waals surface area contributed by atoms with Crippen molar-refractivity contribution >= 4 is 5.69 Å². The van der Waals surface area contributed by atoms with Gasteiger partial charge in [0.05, 0.1) is 0 Å². The summed E-state index contributed by atoms with van der Waals surface area (Å²) in [6, 6.07) is 8.76. The van der Waals surface area contributed by atoms with Gasteiger partial charge in [-0.3, -0.25) is 0 Å². The predicted molar refractivity (Wildman–Crippen MR) is 74.5 cm³/mol. The highest BCUT2D eigenvalue weighted by atomic mass is 15.2. The largest absolute Gasteiger partial charge is 0.369 e. The summed E-state index contributed by atoms with van der Waals surface area (Å²) in [7, 11) is 0. The lowest BCUT2D eigenvalue weighted by molar-refractivity contribution is 0.473. The minimum Gasteiger partial charge on any atom is -0.369 e. The number of hydrogen-bond donors (Lipinski definition) is 1. The molecule has 2 heteroatoms. The molecule has 0 bridgehead atoms. The molecule has 0 saturated carbocycles. The van der Waals surface area contributed by atoms with E-state index in [9.17, 15) is 0 Å². The molecule has 0 fully saturated rings. The first-order valence-electron chi connectivity index (χ1n) is 6.51. The van der Waals surface area contributed by atoms with E-state index in [1.165, 1.54) is 11.3 Å². The van der Waals surface area contributed by atoms with Gasteiger partial charge in [-0.05, 0) is 31.4 Å². The average Bonchev–Trinajstić information content (AvgIpc) is 2.55. The second-order valence-electron chi connectivity index (χ2n) is 6.28. The fraction of sp³-hybridized carbons (Fsp3) is 0.600. The van der Waals surface area contributed by atoms with Crippen LogP contribution in [0.4, 0.5) is 5.69 Å². The van der Waals surface area contributed by atoms with Crippen molar-refractivity contribution in [1.29, 1.82) is 0 Å². The quantitative estimate of drug-likeness (QED) is 0.868. The highest BCUT2D eigenvalue weighted by Gasteiger charge is 2.32. The van der Waals surface area contributed by atoms with E-state index in [0.29, 0.717) is 11.8 Å². The standard InChI is InChI=1S/C15H24N2/c1-11(2)13-9-17(10-15(3,4)16)14-8-6-5-7-12(13)14/h5-8,11,13H,9-10,16H2,1-4H3. The smallest absolute Gasteiger partial charge is 0.0403 e. The highest BCUT2D eigenvalue weighted by Crippen LogP contribution is 2.40. The third-order valence-corrected chi connectivity index (χ3v) is 3.50. The summed E-state index contributed by atoms with van der Waals surface area (Å²) < 4.78 is 0. The summed E-state index contributed by atoms with van der Waals surface area (Å²) in [6.45, 7) is 10.8. The van der Waals surface area contributed by atoms with Crippen LogP contribution in [0.15, 0.2) is 24.3 Å². The molecule has 0 aromatic heterocycles. The maximum Gasteiger partial charge on any atom is 0.0403 e. The Morgan fingerprint density at radius 1 is 1.35 bits per heavy atom. The second-order valence-corrected chi connectivity index (χ2v) is 6.28. The number of nitrogens with two attached hydrogens (primary N) is 1. The van der Waals surface area contributed by atoms with Gasteiger partial charge in [-0.1, -0.05) is 32.0 Å². The molecule has 2 rings (SSSR count). The molecule has 1 aliphatic rings. The van der Waals surface area contributed by atoms with Gasteiger partial charge in [-0.25, -0.2) is 0 Å². The van der Waals surface area contributed by atoms with Crippen LogP contribution < -0.4 is 10.6 Å². The third kappa shape index (κ3) is 2.63. The molecule has 0 amide bonds. The number of hydrogen-bond acceptors (Lipinski definition) is 2. The number of nitrogens with zero attached hydrogens (tertiary/aromatic N) is 1. The molecule has 0 saturated heterocycles. The van der Waals surface area contributed by atoms with Crippen LogP contribution in [0.2, 0.25) is 0 Å². The Bertz CT molecular complexity index is 390. The molecule has 0 spiro atoms. The topological polar surface area (TPSA) is 29.3 Å². The zero-order valence-electron chi connectivity index (χ0n) is 11.4. The van der Waals surface area contributed by atoms with E-state index in [4.69, 9.17) is 5.73 Å². The summed E-state index contributed by atoms with van der Waals surface area (Å²) in [5, 5.41) is 0. The first kappa shape index (κ1) is 12.4. The van der Waals surface area contributed by atoms with Gasteiger partial charge in [0.25, 0.3) is 0 Å². The van der Waals surface area contributed by atoms with Crippen molar-refractivity contribution < 1.29 is 0 Å². The number of para-hydroxylation sites is 1. The maximum atomic E-state index is 6.15. The monoisotopic (exact) mass is 232 g/mol. The number of fused-ring (bicyclic) bond motifs is 1. The van der Waals surface area contributed by atoms with E-state index in [-0.39, 0.29) is 5.54 Å². The Morgan fingerprint density at radius 2 is 2.00 bits per heavy atom. The van der Waals surface area contributed by atoms with Gasteiger partial charge in [-0.2, -0.15) is 0 Å².